The summed E-state index contributed by atoms with van der Waals surface area (Å²) in [7, 11) is 0. The molecular formula is C15H16N4O. The maximum atomic E-state index is 5.39. The average molecular weight is 268 g/mol. The molecule has 1 aliphatic heterocycles. The van der Waals surface area contributed by atoms with Gasteiger partial charge in [-0.3, -0.25) is 5.10 Å². The first-order chi connectivity index (χ1) is 9.92. The van der Waals surface area contributed by atoms with Crippen molar-refractivity contribution in [2.75, 3.05) is 13.1 Å². The van der Waals surface area contributed by atoms with E-state index >= 15 is 0 Å². The van der Waals surface area contributed by atoms with Crippen molar-refractivity contribution in [1.29, 1.82) is 0 Å². The first-order valence-corrected chi connectivity index (χ1v) is 6.99. The molecule has 3 heterocycles. The highest BCUT2D eigenvalue weighted by Crippen LogP contribution is 2.32. The van der Waals surface area contributed by atoms with E-state index in [-0.39, 0.29) is 0 Å². The van der Waals surface area contributed by atoms with Crippen LogP contribution in [0.3, 0.4) is 0 Å². The Morgan fingerprint density at radius 1 is 1.30 bits per heavy atom. The number of hydrogen-bond acceptors (Lipinski definition) is 4. The molecule has 1 fully saturated rings. The first-order valence-electron chi connectivity index (χ1n) is 6.99. The minimum Gasteiger partial charge on any atom is -0.443 e. The van der Waals surface area contributed by atoms with Crippen LogP contribution in [0.2, 0.25) is 0 Å². The molecule has 0 spiro atoms. The fourth-order valence-corrected chi connectivity index (χ4v) is 2.96. The van der Waals surface area contributed by atoms with Crippen LogP contribution in [0.4, 0.5) is 0 Å². The normalized spacial score (nSPS) is 19.5. The second-order valence-electron chi connectivity index (χ2n) is 5.28. The molecule has 0 bridgehead atoms. The summed E-state index contributed by atoms with van der Waals surface area (Å²) in [6.45, 7) is 2.13. The third-order valence-corrected chi connectivity index (χ3v) is 4.02. The molecule has 1 unspecified atom stereocenters. The van der Waals surface area contributed by atoms with Gasteiger partial charge in [0.2, 0.25) is 0 Å². The van der Waals surface area contributed by atoms with Gasteiger partial charge in [0.05, 0.1) is 6.20 Å². The van der Waals surface area contributed by atoms with Crippen LogP contribution in [0.1, 0.15) is 24.5 Å². The van der Waals surface area contributed by atoms with Crippen LogP contribution in [-0.4, -0.2) is 28.3 Å². The lowest BCUT2D eigenvalue weighted by Crippen LogP contribution is -2.28. The van der Waals surface area contributed by atoms with Crippen LogP contribution >= 0.6 is 0 Å². The maximum Gasteiger partial charge on any atom is 0.181 e. The van der Waals surface area contributed by atoms with Gasteiger partial charge in [-0.05, 0) is 37.1 Å². The number of H-pyrrole nitrogens is 1. The summed E-state index contributed by atoms with van der Waals surface area (Å²) < 4.78 is 5.39. The van der Waals surface area contributed by atoms with Crippen LogP contribution in [0, 0.1) is 0 Å². The molecule has 5 nitrogen and oxygen atoms in total. The SMILES string of the molecule is c1nc2ccc(-c3cn[nH]c3C3CCCNC3)cc2o1. The van der Waals surface area contributed by atoms with Crippen molar-refractivity contribution in [1.82, 2.24) is 20.5 Å². The molecule has 0 radical (unpaired) electrons. The Bertz CT molecular complexity index is 724. The molecule has 20 heavy (non-hydrogen) atoms. The number of rotatable bonds is 2. The Kier molecular flexibility index (Phi) is 2.77. The smallest absolute Gasteiger partial charge is 0.181 e. The van der Waals surface area contributed by atoms with Crippen molar-refractivity contribution in [3.05, 3.63) is 36.5 Å². The van der Waals surface area contributed by atoms with Gasteiger partial charge in [0.1, 0.15) is 5.52 Å². The van der Waals surface area contributed by atoms with Gasteiger partial charge in [0.25, 0.3) is 0 Å². The van der Waals surface area contributed by atoms with Gasteiger partial charge in [0, 0.05) is 23.7 Å². The van der Waals surface area contributed by atoms with Crippen LogP contribution in [0.5, 0.6) is 0 Å². The zero-order valence-corrected chi connectivity index (χ0v) is 11.1. The lowest BCUT2D eigenvalue weighted by Gasteiger charge is -2.22. The van der Waals surface area contributed by atoms with E-state index in [4.69, 9.17) is 4.42 Å². The number of fused-ring (bicyclic) bond motifs is 1. The molecule has 4 rings (SSSR count). The fourth-order valence-electron chi connectivity index (χ4n) is 2.96. The molecule has 5 heteroatoms. The van der Waals surface area contributed by atoms with Gasteiger partial charge in [-0.15, -0.1) is 0 Å². The number of aromatic nitrogens is 3. The van der Waals surface area contributed by atoms with Crippen LogP contribution in [0.25, 0.3) is 22.2 Å². The van der Waals surface area contributed by atoms with Crippen LogP contribution < -0.4 is 5.32 Å². The minimum absolute atomic E-state index is 0.506. The van der Waals surface area contributed by atoms with E-state index in [2.05, 4.69) is 26.6 Å². The van der Waals surface area contributed by atoms with Crippen LogP contribution in [-0.2, 0) is 0 Å². The molecule has 0 amide bonds. The van der Waals surface area contributed by atoms with E-state index in [1.807, 2.05) is 18.3 Å². The van der Waals surface area contributed by atoms with Crippen molar-refractivity contribution < 1.29 is 4.42 Å². The summed E-state index contributed by atoms with van der Waals surface area (Å²) in [6, 6.07) is 6.10. The molecule has 0 saturated carbocycles. The number of piperidine rings is 1. The van der Waals surface area contributed by atoms with Crippen molar-refractivity contribution in [2.24, 2.45) is 0 Å². The van der Waals surface area contributed by atoms with Crippen molar-refractivity contribution in [2.45, 2.75) is 18.8 Å². The predicted molar refractivity (Wildman–Crippen MR) is 76.4 cm³/mol. The topological polar surface area (TPSA) is 66.7 Å². The summed E-state index contributed by atoms with van der Waals surface area (Å²) in [5.41, 5.74) is 5.21. The van der Waals surface area contributed by atoms with Crippen LogP contribution in [0.15, 0.2) is 35.2 Å². The van der Waals surface area contributed by atoms with Gasteiger partial charge >= 0.3 is 0 Å². The average Bonchev–Trinajstić information content (AvgIpc) is 3.16. The molecule has 1 atom stereocenters. The van der Waals surface area contributed by atoms with Gasteiger partial charge in [-0.2, -0.15) is 5.10 Å². The number of oxazole rings is 1. The van der Waals surface area contributed by atoms with E-state index in [1.165, 1.54) is 24.9 Å². The third kappa shape index (κ3) is 1.91. The van der Waals surface area contributed by atoms with Gasteiger partial charge in [-0.1, -0.05) is 6.07 Å². The summed E-state index contributed by atoms with van der Waals surface area (Å²) in [5.74, 6) is 0.506. The first kappa shape index (κ1) is 11.7. The molecule has 0 aliphatic carbocycles. The zero-order chi connectivity index (χ0) is 13.4. The van der Waals surface area contributed by atoms with Crippen molar-refractivity contribution in [3.8, 4) is 11.1 Å². The summed E-state index contributed by atoms with van der Waals surface area (Å²) in [6.07, 6.45) is 5.80. The zero-order valence-electron chi connectivity index (χ0n) is 11.1. The molecule has 102 valence electrons. The van der Waals surface area contributed by atoms with E-state index in [9.17, 15) is 0 Å². The summed E-state index contributed by atoms with van der Waals surface area (Å²) in [5, 5.41) is 10.9. The molecule has 2 N–H and O–H groups in total. The second-order valence-corrected chi connectivity index (χ2v) is 5.28. The molecule has 3 aromatic rings. The largest absolute Gasteiger partial charge is 0.443 e. The Balaban J connectivity index is 1.75. The van der Waals surface area contributed by atoms with Crippen molar-refractivity contribution in [3.63, 3.8) is 0 Å². The second kappa shape index (κ2) is 4.76. The highest BCUT2D eigenvalue weighted by molar-refractivity contribution is 5.80. The highest BCUT2D eigenvalue weighted by atomic mass is 16.3. The monoisotopic (exact) mass is 268 g/mol. The predicted octanol–water partition coefficient (Wildman–Crippen LogP) is 2.68. The Labute approximate surface area is 116 Å². The van der Waals surface area contributed by atoms with Gasteiger partial charge in [-0.25, -0.2) is 4.98 Å². The highest BCUT2D eigenvalue weighted by Gasteiger charge is 2.20. The van der Waals surface area contributed by atoms with E-state index in [0.29, 0.717) is 5.92 Å². The van der Waals surface area contributed by atoms with Gasteiger partial charge in [0.15, 0.2) is 12.0 Å². The third-order valence-electron chi connectivity index (χ3n) is 4.02. The molecule has 1 saturated heterocycles. The molecule has 1 aromatic carbocycles. The number of nitrogens with zero attached hydrogens (tertiary/aromatic N) is 2. The lowest BCUT2D eigenvalue weighted by molar-refractivity contribution is 0.455. The standard InChI is InChI=1S/C15H16N4O/c1-2-11(7-16-5-1)15-12(8-18-19-15)10-3-4-13-14(6-10)20-9-17-13/h3-4,6,8-9,11,16H,1-2,5,7H2,(H,18,19). The number of benzene rings is 1. The molecule has 1 aliphatic rings. The van der Waals surface area contributed by atoms with Crippen molar-refractivity contribution >= 4 is 11.1 Å². The Morgan fingerprint density at radius 3 is 3.20 bits per heavy atom. The molecular weight excluding hydrogens is 252 g/mol. The minimum atomic E-state index is 0.506. The Hall–Kier alpha value is -2.14. The number of nitrogens with one attached hydrogen (secondary N) is 2. The quantitative estimate of drug-likeness (QED) is 0.750. The summed E-state index contributed by atoms with van der Waals surface area (Å²) in [4.78, 5) is 4.15. The number of aromatic amines is 1. The Morgan fingerprint density at radius 2 is 2.30 bits per heavy atom. The fraction of sp³-hybridized carbons (Fsp3) is 0.333. The lowest BCUT2D eigenvalue weighted by atomic mass is 9.91. The summed E-state index contributed by atoms with van der Waals surface area (Å²) >= 11 is 0. The van der Waals surface area contributed by atoms with E-state index in [1.54, 1.807) is 0 Å². The van der Waals surface area contributed by atoms with E-state index < -0.39 is 0 Å². The number of hydrogen-bond donors (Lipinski definition) is 2. The van der Waals surface area contributed by atoms with Gasteiger partial charge < -0.3 is 9.73 Å². The maximum absolute atomic E-state index is 5.39. The van der Waals surface area contributed by atoms with E-state index in [0.717, 1.165) is 35.3 Å². The molecule has 2 aromatic heterocycles.